The van der Waals surface area contributed by atoms with E-state index in [2.05, 4.69) is 30.4 Å². The van der Waals surface area contributed by atoms with E-state index >= 15 is 0 Å². The SMILES string of the molecule is C.OB(O)C1CC1.[C-]#[N+]c1cc(C(=O)OC)c(Br)cc1C.[C-]#[N+]c1cc(C(=O)OC)c(C2CC2)cc1C. The number of nitrogens with zero attached hydrogens (tertiary/aromatic N) is 2. The quantitative estimate of drug-likeness (QED) is 0.245. The first-order chi connectivity index (χ1) is 17.1. The van der Waals surface area contributed by atoms with Gasteiger partial charge in [-0.15, -0.1) is 0 Å². The Bertz CT molecular complexity index is 1210. The third kappa shape index (κ3) is 9.01. The predicted molar refractivity (Wildman–Crippen MR) is 147 cm³/mol. The minimum absolute atomic E-state index is 0. The van der Waals surface area contributed by atoms with Crippen molar-refractivity contribution in [1.82, 2.24) is 0 Å². The number of rotatable bonds is 4. The molecule has 0 heterocycles. The summed E-state index contributed by atoms with van der Waals surface area (Å²) < 4.78 is 9.98. The summed E-state index contributed by atoms with van der Waals surface area (Å²) in [7, 11) is 1.65. The predicted octanol–water partition coefficient (Wildman–Crippen LogP) is 6.56. The second-order valence-electron chi connectivity index (χ2n) is 8.58. The van der Waals surface area contributed by atoms with Crippen molar-refractivity contribution in [2.45, 2.75) is 58.7 Å². The summed E-state index contributed by atoms with van der Waals surface area (Å²) in [6, 6.07) is 6.87. The van der Waals surface area contributed by atoms with E-state index in [0.717, 1.165) is 42.4 Å². The molecular formula is C27H32BBrN2O6. The lowest BCUT2D eigenvalue weighted by molar-refractivity contribution is 0.0590. The van der Waals surface area contributed by atoms with Gasteiger partial charge < -0.3 is 19.5 Å². The summed E-state index contributed by atoms with van der Waals surface area (Å²) in [4.78, 5) is 29.6. The first-order valence-electron chi connectivity index (χ1n) is 11.3. The number of esters is 2. The lowest BCUT2D eigenvalue weighted by Crippen LogP contribution is -2.09. The Labute approximate surface area is 227 Å². The van der Waals surface area contributed by atoms with Crippen molar-refractivity contribution in [1.29, 1.82) is 0 Å². The Morgan fingerprint density at radius 3 is 1.73 bits per heavy atom. The van der Waals surface area contributed by atoms with Gasteiger partial charge in [0.2, 0.25) is 0 Å². The zero-order valence-corrected chi connectivity index (χ0v) is 22.3. The summed E-state index contributed by atoms with van der Waals surface area (Å²) in [5, 5.41) is 16.5. The van der Waals surface area contributed by atoms with Gasteiger partial charge in [0.15, 0.2) is 11.4 Å². The van der Waals surface area contributed by atoms with Gasteiger partial charge in [0, 0.05) is 4.47 Å². The van der Waals surface area contributed by atoms with Gasteiger partial charge in [-0.25, -0.2) is 19.3 Å². The first kappa shape index (κ1) is 31.9. The minimum Gasteiger partial charge on any atom is -0.465 e. The average molecular weight is 571 g/mol. The van der Waals surface area contributed by atoms with E-state index in [1.807, 2.05) is 19.9 Å². The van der Waals surface area contributed by atoms with Crippen molar-refractivity contribution >= 4 is 46.4 Å². The van der Waals surface area contributed by atoms with Crippen LogP contribution in [0.3, 0.4) is 0 Å². The highest BCUT2D eigenvalue weighted by Crippen LogP contribution is 2.43. The fourth-order valence-corrected chi connectivity index (χ4v) is 3.92. The molecule has 0 bridgehead atoms. The van der Waals surface area contributed by atoms with E-state index in [0.29, 0.717) is 32.9 Å². The van der Waals surface area contributed by atoms with Gasteiger partial charge in [-0.05, 0) is 67.2 Å². The van der Waals surface area contributed by atoms with Crippen LogP contribution in [0, 0.1) is 27.0 Å². The molecule has 0 spiro atoms. The number of halogens is 1. The van der Waals surface area contributed by atoms with Crippen LogP contribution in [-0.4, -0.2) is 43.3 Å². The number of carbonyl (C=O) groups is 2. The van der Waals surface area contributed by atoms with E-state index in [4.69, 9.17) is 27.9 Å². The van der Waals surface area contributed by atoms with Crippen molar-refractivity contribution < 1.29 is 29.1 Å². The summed E-state index contributed by atoms with van der Waals surface area (Å²) in [5.74, 6) is -0.0915. The van der Waals surface area contributed by atoms with Gasteiger partial charge in [-0.1, -0.05) is 48.3 Å². The monoisotopic (exact) mass is 570 g/mol. The highest BCUT2D eigenvalue weighted by molar-refractivity contribution is 9.10. The van der Waals surface area contributed by atoms with E-state index in [1.165, 1.54) is 20.3 Å². The maximum absolute atomic E-state index is 11.6. The largest absolute Gasteiger partial charge is 0.465 e. The van der Waals surface area contributed by atoms with Crippen LogP contribution >= 0.6 is 15.9 Å². The van der Waals surface area contributed by atoms with E-state index < -0.39 is 13.1 Å². The number of hydrogen-bond donors (Lipinski definition) is 2. The van der Waals surface area contributed by atoms with Crippen LogP contribution in [-0.2, 0) is 9.47 Å². The zero-order chi connectivity index (χ0) is 27.0. The van der Waals surface area contributed by atoms with Crippen LogP contribution in [0.4, 0.5) is 11.4 Å². The lowest BCUT2D eigenvalue weighted by atomic mass is 9.84. The maximum Gasteiger partial charge on any atom is 0.454 e. The minimum atomic E-state index is -1.04. The number of methoxy groups -OCH3 is 2. The second-order valence-corrected chi connectivity index (χ2v) is 9.43. The normalized spacial score (nSPS) is 13.1. The molecule has 0 aliphatic heterocycles. The Morgan fingerprint density at radius 2 is 1.35 bits per heavy atom. The molecule has 196 valence electrons. The number of ether oxygens (including phenoxy) is 2. The molecule has 2 saturated carbocycles. The Kier molecular flexibility index (Phi) is 12.5. The highest BCUT2D eigenvalue weighted by Gasteiger charge is 2.33. The Morgan fingerprint density at radius 1 is 0.892 bits per heavy atom. The number of aryl methyl sites for hydroxylation is 2. The molecule has 2 N–H and O–H groups in total. The van der Waals surface area contributed by atoms with Crippen LogP contribution in [0.25, 0.3) is 9.69 Å². The third-order valence-corrected chi connectivity index (χ3v) is 6.42. The molecule has 4 rings (SSSR count). The molecule has 37 heavy (non-hydrogen) atoms. The third-order valence-electron chi connectivity index (χ3n) is 5.77. The van der Waals surface area contributed by atoms with Crippen molar-refractivity contribution in [3.63, 3.8) is 0 Å². The van der Waals surface area contributed by atoms with Crippen molar-refractivity contribution in [2.24, 2.45) is 0 Å². The van der Waals surface area contributed by atoms with Crippen LogP contribution in [0.2, 0.25) is 5.82 Å². The van der Waals surface area contributed by atoms with E-state index in [9.17, 15) is 9.59 Å². The molecule has 2 aliphatic rings. The molecule has 0 atom stereocenters. The van der Waals surface area contributed by atoms with Gasteiger partial charge in [0.25, 0.3) is 0 Å². The van der Waals surface area contributed by atoms with Crippen LogP contribution < -0.4 is 0 Å². The molecule has 2 fully saturated rings. The molecule has 8 nitrogen and oxygen atoms in total. The number of carbonyl (C=O) groups excluding carboxylic acids is 2. The Balaban J connectivity index is 0.000000298. The maximum atomic E-state index is 11.6. The van der Waals surface area contributed by atoms with E-state index in [-0.39, 0.29) is 19.2 Å². The molecule has 0 radical (unpaired) electrons. The molecule has 0 unspecified atom stereocenters. The van der Waals surface area contributed by atoms with Crippen molar-refractivity contribution in [3.05, 3.63) is 79.4 Å². The van der Waals surface area contributed by atoms with Crippen LogP contribution in [0.5, 0.6) is 0 Å². The molecule has 0 amide bonds. The van der Waals surface area contributed by atoms with Crippen LogP contribution in [0.15, 0.2) is 28.7 Å². The topological polar surface area (TPSA) is 102 Å². The summed E-state index contributed by atoms with van der Waals surface area (Å²) >= 11 is 3.25. The fourth-order valence-electron chi connectivity index (χ4n) is 3.30. The smallest absolute Gasteiger partial charge is 0.454 e. The molecule has 0 saturated heterocycles. The molecule has 2 aliphatic carbocycles. The molecule has 10 heteroatoms. The first-order valence-corrected chi connectivity index (χ1v) is 12.1. The Hall–Kier alpha value is -3.18. The lowest BCUT2D eigenvalue weighted by Gasteiger charge is -2.09. The summed E-state index contributed by atoms with van der Waals surface area (Å²) in [6.07, 6.45) is 4.25. The molecule has 2 aromatic carbocycles. The standard InChI is InChI=1S/C13H13NO2.C10H8BrNO2.C3H7BO2.CH4/c1-8-6-10(9-4-5-9)11(13(15)16-3)7-12(8)14-2;1-6-4-8(11)7(10(13)14-3)5-9(6)12-2;5-4(6)3-1-2-3;/h6-7,9H,4-5H2,1,3H3;4-5H,1,3H3;3,5-6H,1-2H2;1H4. The molecule has 2 aromatic rings. The van der Waals surface area contributed by atoms with E-state index in [1.54, 1.807) is 12.1 Å². The average Bonchev–Trinajstić information content (AvgIpc) is 3.76. The van der Waals surface area contributed by atoms with Gasteiger partial charge in [0.05, 0.1) is 38.5 Å². The van der Waals surface area contributed by atoms with Gasteiger partial charge >= 0.3 is 19.1 Å². The molecule has 0 aromatic heterocycles. The summed E-state index contributed by atoms with van der Waals surface area (Å²) in [6.45, 7) is 17.7. The van der Waals surface area contributed by atoms with Gasteiger partial charge in [0.1, 0.15) is 0 Å². The van der Waals surface area contributed by atoms with Crippen molar-refractivity contribution in [2.75, 3.05) is 14.2 Å². The second kappa shape index (κ2) is 14.5. The number of benzene rings is 2. The summed E-state index contributed by atoms with van der Waals surface area (Å²) in [5.41, 5.74) is 4.74. The molecular weight excluding hydrogens is 539 g/mol. The van der Waals surface area contributed by atoms with Crippen molar-refractivity contribution in [3.8, 4) is 0 Å². The fraction of sp³-hybridized carbons (Fsp3) is 0.407. The zero-order valence-electron chi connectivity index (χ0n) is 20.7. The van der Waals surface area contributed by atoms with Gasteiger partial charge in [-0.2, -0.15) is 0 Å². The van der Waals surface area contributed by atoms with Crippen LogP contribution in [0.1, 0.15) is 76.4 Å². The number of hydrogen-bond acceptors (Lipinski definition) is 6. The highest BCUT2D eigenvalue weighted by atomic mass is 79.9. The van der Waals surface area contributed by atoms with Gasteiger partial charge in [-0.3, -0.25) is 0 Å².